The fourth-order valence-electron chi connectivity index (χ4n) is 2.77. The first-order chi connectivity index (χ1) is 8.83. The van der Waals surface area contributed by atoms with E-state index in [0.29, 0.717) is 18.6 Å². The summed E-state index contributed by atoms with van der Waals surface area (Å²) in [4.78, 5) is 2.48. The number of likely N-dealkylation sites (N-methyl/N-ethyl adjacent to an activating group) is 1. The molecule has 0 unspecified atom stereocenters. The average Bonchev–Trinajstić information content (AvgIpc) is 2.41. The van der Waals surface area contributed by atoms with Crippen LogP contribution in [-0.2, 0) is 6.54 Å². The molecule has 3 nitrogen and oxygen atoms in total. The summed E-state index contributed by atoms with van der Waals surface area (Å²) in [5.41, 5.74) is 1.37. The Balaban J connectivity index is 1.91. The van der Waals surface area contributed by atoms with Gasteiger partial charge >= 0.3 is 0 Å². The van der Waals surface area contributed by atoms with Gasteiger partial charge in [-0.2, -0.15) is 0 Å². The van der Waals surface area contributed by atoms with Crippen molar-refractivity contribution in [1.29, 1.82) is 0 Å². The molecule has 0 saturated carbocycles. The fraction of sp³-hybridized carbons (Fsp3) is 0.600. The minimum absolute atomic E-state index is 0.302. The fourth-order valence-corrected chi connectivity index (χ4v) is 2.77. The maximum Gasteiger partial charge on any atom is 0.0475 e. The lowest BCUT2D eigenvalue weighted by Crippen LogP contribution is -2.51. The van der Waals surface area contributed by atoms with Gasteiger partial charge in [0.15, 0.2) is 0 Å². The quantitative estimate of drug-likeness (QED) is 0.828. The lowest BCUT2D eigenvalue weighted by Gasteiger charge is -2.38. The Morgan fingerprint density at radius 1 is 1.33 bits per heavy atom. The van der Waals surface area contributed by atoms with E-state index in [1.54, 1.807) is 0 Å². The first-order valence-corrected chi connectivity index (χ1v) is 6.94. The summed E-state index contributed by atoms with van der Waals surface area (Å²) < 4.78 is 0. The van der Waals surface area contributed by atoms with Gasteiger partial charge in [-0.1, -0.05) is 37.3 Å². The van der Waals surface area contributed by atoms with Crippen LogP contribution in [0, 0.1) is 5.92 Å². The molecular weight excluding hydrogens is 224 g/mol. The second-order valence-corrected chi connectivity index (χ2v) is 5.12. The van der Waals surface area contributed by atoms with Crippen molar-refractivity contribution in [3.63, 3.8) is 0 Å². The summed E-state index contributed by atoms with van der Waals surface area (Å²) in [5, 5.41) is 12.9. The Kier molecular flexibility index (Phi) is 5.17. The Bertz CT molecular complexity index is 342. The summed E-state index contributed by atoms with van der Waals surface area (Å²) in [7, 11) is 0. The average molecular weight is 248 g/mol. The highest BCUT2D eigenvalue weighted by Gasteiger charge is 2.27. The van der Waals surface area contributed by atoms with Crippen LogP contribution >= 0.6 is 0 Å². The molecule has 0 aliphatic carbocycles. The lowest BCUT2D eigenvalue weighted by atomic mass is 9.92. The molecule has 1 fully saturated rings. The highest BCUT2D eigenvalue weighted by molar-refractivity contribution is 5.14. The van der Waals surface area contributed by atoms with Gasteiger partial charge in [0, 0.05) is 25.7 Å². The van der Waals surface area contributed by atoms with Crippen LogP contribution in [0.4, 0.5) is 0 Å². The third-order valence-corrected chi connectivity index (χ3v) is 3.79. The summed E-state index contributed by atoms with van der Waals surface area (Å²) in [6.45, 7) is 6.54. The first kappa shape index (κ1) is 13.5. The second kappa shape index (κ2) is 6.88. The molecule has 100 valence electrons. The standard InChI is InChI=1S/C15H24N2O/c1-2-16-15-11-17(9-8-14(15)12-18)10-13-6-4-3-5-7-13/h3-7,14-16,18H,2,8-12H2,1H3/t14-,15+/m1/s1. The van der Waals surface area contributed by atoms with E-state index >= 15 is 0 Å². The number of rotatable bonds is 5. The minimum atomic E-state index is 0.302. The van der Waals surface area contributed by atoms with E-state index in [1.165, 1.54) is 5.56 Å². The van der Waals surface area contributed by atoms with Gasteiger partial charge in [0.05, 0.1) is 0 Å². The number of aliphatic hydroxyl groups excluding tert-OH is 1. The van der Waals surface area contributed by atoms with Crippen molar-refractivity contribution in [2.45, 2.75) is 25.9 Å². The van der Waals surface area contributed by atoms with E-state index in [9.17, 15) is 5.11 Å². The molecule has 1 heterocycles. The Labute approximate surface area is 110 Å². The molecule has 2 N–H and O–H groups in total. The number of likely N-dealkylation sites (tertiary alicyclic amines) is 1. The number of benzene rings is 1. The van der Waals surface area contributed by atoms with Gasteiger partial charge < -0.3 is 10.4 Å². The van der Waals surface area contributed by atoms with Gasteiger partial charge in [-0.3, -0.25) is 4.90 Å². The highest BCUT2D eigenvalue weighted by atomic mass is 16.3. The van der Waals surface area contributed by atoms with Gasteiger partial charge in [-0.25, -0.2) is 0 Å². The molecule has 0 aromatic heterocycles. The van der Waals surface area contributed by atoms with Gasteiger partial charge in [0.25, 0.3) is 0 Å². The topological polar surface area (TPSA) is 35.5 Å². The van der Waals surface area contributed by atoms with Crippen molar-refractivity contribution in [3.8, 4) is 0 Å². The zero-order valence-corrected chi connectivity index (χ0v) is 11.2. The number of nitrogens with zero attached hydrogens (tertiary/aromatic N) is 1. The number of hydrogen-bond donors (Lipinski definition) is 2. The van der Waals surface area contributed by atoms with Crippen molar-refractivity contribution < 1.29 is 5.11 Å². The van der Waals surface area contributed by atoms with E-state index in [2.05, 4.69) is 47.5 Å². The van der Waals surface area contributed by atoms with Crippen LogP contribution in [0.5, 0.6) is 0 Å². The monoisotopic (exact) mass is 248 g/mol. The minimum Gasteiger partial charge on any atom is -0.396 e. The highest BCUT2D eigenvalue weighted by Crippen LogP contribution is 2.19. The van der Waals surface area contributed by atoms with Crippen molar-refractivity contribution in [3.05, 3.63) is 35.9 Å². The molecule has 2 atom stereocenters. The molecule has 1 aromatic carbocycles. The van der Waals surface area contributed by atoms with Gasteiger partial charge in [-0.05, 0) is 31.0 Å². The molecule has 0 bridgehead atoms. The summed E-state index contributed by atoms with van der Waals surface area (Å²) in [5.74, 6) is 0.414. The van der Waals surface area contributed by atoms with Gasteiger partial charge in [-0.15, -0.1) is 0 Å². The third kappa shape index (κ3) is 3.55. The predicted molar refractivity (Wildman–Crippen MR) is 74.4 cm³/mol. The number of piperidine rings is 1. The van der Waals surface area contributed by atoms with Crippen LogP contribution in [0.3, 0.4) is 0 Å². The van der Waals surface area contributed by atoms with Crippen molar-refractivity contribution in [2.24, 2.45) is 5.92 Å². The Morgan fingerprint density at radius 2 is 2.11 bits per heavy atom. The molecule has 18 heavy (non-hydrogen) atoms. The molecule has 0 amide bonds. The maximum atomic E-state index is 9.41. The van der Waals surface area contributed by atoms with Crippen molar-refractivity contribution in [2.75, 3.05) is 26.2 Å². The van der Waals surface area contributed by atoms with E-state index in [1.807, 2.05) is 0 Å². The molecule has 1 aliphatic heterocycles. The smallest absolute Gasteiger partial charge is 0.0475 e. The summed E-state index contributed by atoms with van der Waals surface area (Å²) in [6, 6.07) is 11.0. The van der Waals surface area contributed by atoms with Crippen LogP contribution < -0.4 is 5.32 Å². The molecular formula is C15H24N2O. The van der Waals surface area contributed by atoms with E-state index < -0.39 is 0 Å². The molecule has 0 spiro atoms. The second-order valence-electron chi connectivity index (χ2n) is 5.12. The van der Waals surface area contributed by atoms with Gasteiger partial charge in [0.2, 0.25) is 0 Å². The molecule has 2 rings (SSSR count). The van der Waals surface area contributed by atoms with Crippen LogP contribution in [0.25, 0.3) is 0 Å². The zero-order valence-electron chi connectivity index (χ0n) is 11.2. The van der Waals surface area contributed by atoms with Crippen molar-refractivity contribution >= 4 is 0 Å². The van der Waals surface area contributed by atoms with E-state index in [4.69, 9.17) is 0 Å². The Morgan fingerprint density at radius 3 is 2.78 bits per heavy atom. The van der Waals surface area contributed by atoms with Crippen LogP contribution in [0.2, 0.25) is 0 Å². The number of nitrogens with one attached hydrogen (secondary N) is 1. The largest absolute Gasteiger partial charge is 0.396 e. The SMILES string of the molecule is CCN[C@H]1CN(Cc2ccccc2)CC[C@@H]1CO. The van der Waals surface area contributed by atoms with Crippen molar-refractivity contribution in [1.82, 2.24) is 10.2 Å². The molecule has 0 radical (unpaired) electrons. The maximum absolute atomic E-state index is 9.41. The summed E-state index contributed by atoms with van der Waals surface area (Å²) in [6.07, 6.45) is 1.08. The van der Waals surface area contributed by atoms with E-state index in [0.717, 1.165) is 32.6 Å². The van der Waals surface area contributed by atoms with E-state index in [-0.39, 0.29) is 0 Å². The zero-order chi connectivity index (χ0) is 12.8. The molecule has 3 heteroatoms. The molecule has 1 aliphatic rings. The lowest BCUT2D eigenvalue weighted by molar-refractivity contribution is 0.0923. The number of hydrogen-bond acceptors (Lipinski definition) is 3. The normalized spacial score (nSPS) is 25.2. The Hall–Kier alpha value is -0.900. The van der Waals surface area contributed by atoms with Gasteiger partial charge in [0.1, 0.15) is 0 Å². The summed E-state index contributed by atoms with van der Waals surface area (Å²) >= 11 is 0. The molecule has 1 saturated heterocycles. The van der Waals surface area contributed by atoms with Crippen LogP contribution in [-0.4, -0.2) is 42.3 Å². The predicted octanol–water partition coefficient (Wildman–Crippen LogP) is 1.48. The van der Waals surface area contributed by atoms with Crippen LogP contribution in [0.1, 0.15) is 18.9 Å². The molecule has 1 aromatic rings. The van der Waals surface area contributed by atoms with Crippen LogP contribution in [0.15, 0.2) is 30.3 Å². The number of aliphatic hydroxyl groups is 1. The first-order valence-electron chi connectivity index (χ1n) is 6.94. The third-order valence-electron chi connectivity index (χ3n) is 3.79.